The molecule has 36 heavy (non-hydrogen) atoms. The zero-order chi connectivity index (χ0) is 26.0. The number of amides is 1. The van der Waals surface area contributed by atoms with E-state index in [-0.39, 0.29) is 24.3 Å². The maximum atomic E-state index is 14.6. The first-order valence-electron chi connectivity index (χ1n) is 12.2. The van der Waals surface area contributed by atoms with Crippen molar-refractivity contribution >= 4 is 12.1 Å². The Morgan fingerprint density at radius 2 is 1.78 bits per heavy atom. The lowest BCUT2D eigenvalue weighted by Crippen LogP contribution is -2.44. The molecule has 1 saturated heterocycles. The molecule has 2 aliphatic rings. The van der Waals surface area contributed by atoms with Crippen molar-refractivity contribution in [1.29, 1.82) is 0 Å². The zero-order valence-electron chi connectivity index (χ0n) is 20.5. The van der Waals surface area contributed by atoms with Gasteiger partial charge in [-0.15, -0.1) is 0 Å². The number of nitrogens with zero attached hydrogens (tertiary/aromatic N) is 2. The van der Waals surface area contributed by atoms with Crippen LogP contribution in [0.15, 0.2) is 42.5 Å². The Bertz CT molecular complexity index is 1080. The van der Waals surface area contributed by atoms with Crippen LogP contribution in [-0.4, -0.2) is 64.9 Å². The van der Waals surface area contributed by atoms with Crippen LogP contribution in [0, 0.1) is 17.6 Å². The molecule has 0 radical (unpaired) electrons. The molecule has 0 aromatic heterocycles. The summed E-state index contributed by atoms with van der Waals surface area (Å²) >= 11 is 0. The van der Waals surface area contributed by atoms with Gasteiger partial charge in [0.15, 0.2) is 11.6 Å². The van der Waals surface area contributed by atoms with Gasteiger partial charge in [0.2, 0.25) is 5.82 Å². The van der Waals surface area contributed by atoms with Crippen LogP contribution in [0.2, 0.25) is 0 Å². The summed E-state index contributed by atoms with van der Waals surface area (Å²) in [6.45, 7) is -0.230. The molecule has 2 fully saturated rings. The molecular weight excluding hydrogens is 470 g/mol. The number of rotatable bonds is 7. The van der Waals surface area contributed by atoms with E-state index in [1.54, 1.807) is 0 Å². The molecule has 2 atom stereocenters. The Morgan fingerprint density at radius 1 is 1.11 bits per heavy atom. The lowest BCUT2D eigenvalue weighted by Gasteiger charge is -2.45. The number of carboxylic acid groups (broad SMARTS) is 2. The number of aliphatic carboxylic acids is 1. The van der Waals surface area contributed by atoms with Crippen LogP contribution >= 0.6 is 0 Å². The van der Waals surface area contributed by atoms with Gasteiger partial charge in [-0.25, -0.2) is 14.0 Å². The second kappa shape index (κ2) is 10.4. The lowest BCUT2D eigenvalue weighted by molar-refractivity contribution is -0.141. The highest BCUT2D eigenvalue weighted by molar-refractivity contribution is 5.80. The van der Waals surface area contributed by atoms with Crippen molar-refractivity contribution in [1.82, 2.24) is 9.80 Å². The highest BCUT2D eigenvalue weighted by atomic mass is 19.2. The van der Waals surface area contributed by atoms with Crippen molar-refractivity contribution in [3.8, 4) is 5.75 Å². The summed E-state index contributed by atoms with van der Waals surface area (Å²) in [6, 6.07) is 11.8. The standard InChI is InChI=1S/C27H32F2N2O5/c1-30(2)27(19-6-4-3-5-7-19)10-8-17(9-11-27)12-18-13-21(28)24(29)23(14-18)36-20-15-22(25(32)33)31(16-20)26(34)35/h3-7,13-14,17,20,22H,8-12,15-16H2,1-2H3,(H,32,33)(H,34,35)/t17?,20-,22-,27?/m0/s1. The van der Waals surface area contributed by atoms with E-state index in [1.807, 2.05) is 18.2 Å². The van der Waals surface area contributed by atoms with Crippen LogP contribution in [0.25, 0.3) is 0 Å². The first-order valence-corrected chi connectivity index (χ1v) is 12.2. The van der Waals surface area contributed by atoms with Crippen molar-refractivity contribution in [3.05, 3.63) is 65.2 Å². The quantitative estimate of drug-likeness (QED) is 0.569. The fourth-order valence-corrected chi connectivity index (χ4v) is 5.76. The summed E-state index contributed by atoms with van der Waals surface area (Å²) in [5.41, 5.74) is 1.83. The molecule has 0 bridgehead atoms. The predicted octanol–water partition coefficient (Wildman–Crippen LogP) is 4.74. The van der Waals surface area contributed by atoms with Crippen LogP contribution in [-0.2, 0) is 16.8 Å². The molecule has 9 heteroatoms. The number of hydrogen-bond acceptors (Lipinski definition) is 4. The average Bonchev–Trinajstić information content (AvgIpc) is 3.28. The minimum atomic E-state index is -1.39. The van der Waals surface area contributed by atoms with E-state index in [4.69, 9.17) is 4.74 Å². The molecule has 2 N–H and O–H groups in total. The van der Waals surface area contributed by atoms with E-state index in [1.165, 1.54) is 17.7 Å². The Labute approximate surface area is 209 Å². The molecule has 1 amide bonds. The Balaban J connectivity index is 1.45. The van der Waals surface area contributed by atoms with Gasteiger partial charge < -0.3 is 14.9 Å². The second-order valence-corrected chi connectivity index (χ2v) is 10.1. The van der Waals surface area contributed by atoms with Crippen LogP contribution in [0.3, 0.4) is 0 Å². The average molecular weight is 503 g/mol. The van der Waals surface area contributed by atoms with Crippen LogP contribution < -0.4 is 4.74 Å². The molecule has 7 nitrogen and oxygen atoms in total. The van der Waals surface area contributed by atoms with E-state index in [2.05, 4.69) is 31.1 Å². The topological polar surface area (TPSA) is 90.3 Å². The highest BCUT2D eigenvalue weighted by Crippen LogP contribution is 2.44. The van der Waals surface area contributed by atoms with E-state index in [9.17, 15) is 28.6 Å². The van der Waals surface area contributed by atoms with Gasteiger partial charge in [0.25, 0.3) is 0 Å². The van der Waals surface area contributed by atoms with Gasteiger partial charge >= 0.3 is 12.1 Å². The predicted molar refractivity (Wildman–Crippen MR) is 129 cm³/mol. The van der Waals surface area contributed by atoms with Gasteiger partial charge in [-0.05, 0) is 75.4 Å². The maximum absolute atomic E-state index is 14.6. The van der Waals surface area contributed by atoms with Crippen molar-refractivity contribution in [2.75, 3.05) is 20.6 Å². The third-order valence-electron chi connectivity index (χ3n) is 7.77. The van der Waals surface area contributed by atoms with Gasteiger partial charge in [-0.1, -0.05) is 30.3 Å². The molecule has 0 spiro atoms. The number of halogens is 2. The number of carboxylic acids is 1. The first kappa shape index (κ1) is 25.9. The molecule has 0 unspecified atom stereocenters. The monoisotopic (exact) mass is 502 g/mol. The number of carbonyl (C=O) groups is 2. The first-order chi connectivity index (χ1) is 17.1. The van der Waals surface area contributed by atoms with Gasteiger partial charge in [0.05, 0.1) is 6.54 Å². The zero-order valence-corrected chi connectivity index (χ0v) is 20.5. The van der Waals surface area contributed by atoms with Crippen molar-refractivity contribution in [3.63, 3.8) is 0 Å². The van der Waals surface area contributed by atoms with E-state index in [0.717, 1.165) is 30.6 Å². The van der Waals surface area contributed by atoms with E-state index >= 15 is 0 Å². The molecule has 1 aliphatic heterocycles. The lowest BCUT2D eigenvalue weighted by atomic mass is 9.70. The third-order valence-corrected chi connectivity index (χ3v) is 7.77. The number of benzene rings is 2. The minimum absolute atomic E-state index is 0.0563. The van der Waals surface area contributed by atoms with E-state index < -0.39 is 35.8 Å². The number of ether oxygens (including phenoxy) is 1. The van der Waals surface area contributed by atoms with Gasteiger partial charge in [0, 0.05) is 12.0 Å². The van der Waals surface area contributed by atoms with Gasteiger partial charge in [0.1, 0.15) is 12.1 Å². The van der Waals surface area contributed by atoms with Crippen LogP contribution in [0.5, 0.6) is 5.75 Å². The fraction of sp³-hybridized carbons (Fsp3) is 0.481. The van der Waals surface area contributed by atoms with Gasteiger partial charge in [-0.2, -0.15) is 4.39 Å². The Hall–Kier alpha value is -3.20. The van der Waals surface area contributed by atoms with Crippen LogP contribution in [0.4, 0.5) is 13.6 Å². The summed E-state index contributed by atoms with van der Waals surface area (Å²) in [7, 11) is 4.19. The molecule has 2 aromatic carbocycles. The molecule has 1 heterocycles. The summed E-state index contributed by atoms with van der Waals surface area (Å²) in [4.78, 5) is 25.8. The maximum Gasteiger partial charge on any atom is 0.408 e. The Morgan fingerprint density at radius 3 is 2.33 bits per heavy atom. The van der Waals surface area contributed by atoms with E-state index in [0.29, 0.717) is 17.9 Å². The Kier molecular flexibility index (Phi) is 7.49. The van der Waals surface area contributed by atoms with Crippen molar-refractivity contribution in [2.24, 2.45) is 5.92 Å². The third kappa shape index (κ3) is 5.16. The molecule has 2 aromatic rings. The van der Waals surface area contributed by atoms with Crippen molar-refractivity contribution in [2.45, 2.75) is 56.2 Å². The normalized spacial score (nSPS) is 26.2. The fourth-order valence-electron chi connectivity index (χ4n) is 5.76. The largest absolute Gasteiger partial charge is 0.485 e. The molecule has 1 saturated carbocycles. The SMILES string of the molecule is CN(C)C1(c2ccccc2)CCC(Cc2cc(F)c(F)c(O[C@H]3C[C@@H](C(=O)O)N(C(=O)O)C3)c2)CC1. The summed E-state index contributed by atoms with van der Waals surface area (Å²) in [5, 5.41) is 18.5. The molecule has 4 rings (SSSR count). The van der Waals surface area contributed by atoms with Crippen LogP contribution in [0.1, 0.15) is 43.2 Å². The number of hydrogen-bond donors (Lipinski definition) is 2. The summed E-state index contributed by atoms with van der Waals surface area (Å²) < 4.78 is 34.6. The summed E-state index contributed by atoms with van der Waals surface area (Å²) in [6.07, 6.45) is 1.91. The molecular formula is C27H32F2N2O5. The number of likely N-dealkylation sites (tertiary alicyclic amines) is 1. The highest BCUT2D eigenvalue weighted by Gasteiger charge is 2.42. The second-order valence-electron chi connectivity index (χ2n) is 10.1. The molecule has 194 valence electrons. The van der Waals surface area contributed by atoms with Gasteiger partial charge in [-0.3, -0.25) is 9.80 Å². The summed E-state index contributed by atoms with van der Waals surface area (Å²) in [5.74, 6) is -3.50. The smallest absolute Gasteiger partial charge is 0.408 e. The van der Waals surface area contributed by atoms with Crippen molar-refractivity contribution < 1.29 is 33.3 Å². The molecule has 1 aliphatic carbocycles. The minimum Gasteiger partial charge on any atom is -0.485 e.